The molecule has 35 heavy (non-hydrogen) atoms. The van der Waals surface area contributed by atoms with Gasteiger partial charge in [0.15, 0.2) is 0 Å². The Hall–Kier alpha value is -4.09. The monoisotopic (exact) mass is 470 g/mol. The topological polar surface area (TPSA) is 93.4 Å². The first kappa shape index (κ1) is 24.0. The molecule has 0 atom stereocenters. The van der Waals surface area contributed by atoms with Crippen molar-refractivity contribution in [1.29, 1.82) is 5.26 Å². The van der Waals surface area contributed by atoms with E-state index in [0.717, 1.165) is 42.6 Å². The van der Waals surface area contributed by atoms with E-state index in [0.29, 0.717) is 25.9 Å². The van der Waals surface area contributed by atoms with Crippen molar-refractivity contribution in [1.82, 2.24) is 20.3 Å². The fraction of sp³-hybridized carbons (Fsp3) is 0.296. The van der Waals surface area contributed by atoms with Crippen LogP contribution in [0.25, 0.3) is 17.0 Å². The third-order valence-electron chi connectivity index (χ3n) is 6.17. The molecular formula is C27H30N6O2. The molecule has 0 radical (unpaired) electrons. The molecule has 0 spiro atoms. The first-order chi connectivity index (χ1) is 17.1. The highest BCUT2D eigenvalue weighted by atomic mass is 16.2. The molecule has 8 nitrogen and oxygen atoms in total. The van der Waals surface area contributed by atoms with E-state index < -0.39 is 5.91 Å². The van der Waals surface area contributed by atoms with Crippen LogP contribution in [0.5, 0.6) is 0 Å². The molecular weight excluding hydrogens is 440 g/mol. The van der Waals surface area contributed by atoms with Gasteiger partial charge in [-0.05, 0) is 24.3 Å². The van der Waals surface area contributed by atoms with E-state index in [-0.39, 0.29) is 5.91 Å². The van der Waals surface area contributed by atoms with E-state index in [9.17, 15) is 9.59 Å². The van der Waals surface area contributed by atoms with E-state index >= 15 is 0 Å². The van der Waals surface area contributed by atoms with Crippen molar-refractivity contribution >= 4 is 34.5 Å². The number of aryl methyl sites for hydroxylation is 1. The number of para-hydroxylation sites is 2. The number of hydrazine groups is 1. The minimum absolute atomic E-state index is 0.217. The number of amides is 2. The van der Waals surface area contributed by atoms with Gasteiger partial charge in [0.25, 0.3) is 5.91 Å². The van der Waals surface area contributed by atoms with Crippen molar-refractivity contribution in [2.45, 2.75) is 19.4 Å². The number of aromatic nitrogens is 1. The van der Waals surface area contributed by atoms with Gasteiger partial charge >= 0.3 is 0 Å². The molecule has 3 aromatic rings. The van der Waals surface area contributed by atoms with Crippen LogP contribution in [-0.2, 0) is 16.1 Å². The summed E-state index contributed by atoms with van der Waals surface area (Å²) in [7, 11) is 0. The van der Waals surface area contributed by atoms with Crippen LogP contribution in [-0.4, -0.2) is 54.0 Å². The zero-order chi connectivity index (χ0) is 24.5. The van der Waals surface area contributed by atoms with Gasteiger partial charge in [-0.1, -0.05) is 36.4 Å². The first-order valence-electron chi connectivity index (χ1n) is 11.9. The number of anilines is 1. The highest BCUT2D eigenvalue weighted by Gasteiger charge is 2.17. The second-order valence-electron chi connectivity index (χ2n) is 8.49. The molecule has 2 N–H and O–H groups in total. The number of carbonyl (C=O) groups is 2. The van der Waals surface area contributed by atoms with Crippen molar-refractivity contribution in [3.63, 3.8) is 0 Å². The van der Waals surface area contributed by atoms with Gasteiger partial charge in [-0.3, -0.25) is 25.3 Å². The third kappa shape index (κ3) is 6.49. The molecule has 2 aromatic carbocycles. The molecule has 0 unspecified atom stereocenters. The Morgan fingerprint density at radius 1 is 0.943 bits per heavy atom. The van der Waals surface area contributed by atoms with Gasteiger partial charge in [-0.15, -0.1) is 0 Å². The number of carbonyl (C=O) groups excluding carboxylic acids is 2. The van der Waals surface area contributed by atoms with Crippen LogP contribution >= 0.6 is 0 Å². The fourth-order valence-electron chi connectivity index (χ4n) is 4.29. The summed E-state index contributed by atoms with van der Waals surface area (Å²) in [6, 6.07) is 20.4. The Bertz CT molecular complexity index is 1220. The van der Waals surface area contributed by atoms with E-state index in [1.807, 2.05) is 53.2 Å². The number of nitriles is 1. The van der Waals surface area contributed by atoms with Gasteiger partial charge in [0.05, 0.1) is 12.5 Å². The van der Waals surface area contributed by atoms with Crippen molar-refractivity contribution in [3.05, 3.63) is 72.4 Å². The number of fused-ring (bicyclic) bond motifs is 1. The minimum Gasteiger partial charge on any atom is -0.369 e. The van der Waals surface area contributed by atoms with E-state index in [2.05, 4.69) is 38.9 Å². The Kier molecular flexibility index (Phi) is 8.15. The maximum Gasteiger partial charge on any atom is 0.262 e. The molecule has 1 fully saturated rings. The number of nitrogens with one attached hydrogen (secondary N) is 2. The number of benzene rings is 2. The van der Waals surface area contributed by atoms with Gasteiger partial charge in [0, 0.05) is 80.1 Å². The summed E-state index contributed by atoms with van der Waals surface area (Å²) in [4.78, 5) is 29.1. The molecule has 1 saturated heterocycles. The smallest absolute Gasteiger partial charge is 0.262 e. The Balaban J connectivity index is 1.20. The summed E-state index contributed by atoms with van der Waals surface area (Å²) >= 11 is 0. The number of hydrogen-bond acceptors (Lipinski definition) is 5. The lowest BCUT2D eigenvalue weighted by molar-refractivity contribution is -0.127. The lowest BCUT2D eigenvalue weighted by Crippen LogP contribution is -2.48. The van der Waals surface area contributed by atoms with Crippen LogP contribution < -0.4 is 15.8 Å². The molecule has 8 heteroatoms. The molecule has 1 aromatic heterocycles. The molecule has 2 heterocycles. The van der Waals surface area contributed by atoms with E-state index in [4.69, 9.17) is 5.26 Å². The van der Waals surface area contributed by atoms with Crippen LogP contribution in [0.1, 0.15) is 18.4 Å². The number of piperazine rings is 1. The standard InChI is InChI=1S/C27H30N6O2/c28-14-6-15-33-21-22(24-9-4-5-10-25(24)33)11-12-26(34)29-30-27(35)13-16-31-17-19-32(20-18-31)23-7-2-1-3-8-23/h1-5,7-12,21H,6,13,15-20H2,(H,29,34)(H,30,35)/b12-11+. The summed E-state index contributed by atoms with van der Waals surface area (Å²) in [6.07, 6.45) is 5.79. The molecule has 2 amide bonds. The maximum atomic E-state index is 12.2. The Labute approximate surface area is 205 Å². The van der Waals surface area contributed by atoms with Crippen molar-refractivity contribution in [2.24, 2.45) is 0 Å². The number of hydrogen-bond donors (Lipinski definition) is 2. The predicted octanol–water partition coefficient (Wildman–Crippen LogP) is 2.93. The van der Waals surface area contributed by atoms with Crippen molar-refractivity contribution in [3.8, 4) is 6.07 Å². The minimum atomic E-state index is -0.399. The Morgan fingerprint density at radius 2 is 1.69 bits per heavy atom. The molecule has 1 aliphatic rings. The highest BCUT2D eigenvalue weighted by Crippen LogP contribution is 2.22. The molecule has 0 aliphatic carbocycles. The quantitative estimate of drug-likeness (QED) is 0.390. The summed E-state index contributed by atoms with van der Waals surface area (Å²) < 4.78 is 2.01. The maximum absolute atomic E-state index is 12.2. The van der Waals surface area contributed by atoms with Gasteiger partial charge < -0.3 is 9.47 Å². The normalized spacial score (nSPS) is 14.2. The largest absolute Gasteiger partial charge is 0.369 e. The number of rotatable bonds is 8. The van der Waals surface area contributed by atoms with E-state index in [1.54, 1.807) is 6.08 Å². The molecule has 1 aliphatic heterocycles. The average Bonchev–Trinajstić information content (AvgIpc) is 3.26. The van der Waals surface area contributed by atoms with E-state index in [1.165, 1.54) is 11.8 Å². The average molecular weight is 471 g/mol. The second-order valence-corrected chi connectivity index (χ2v) is 8.49. The summed E-state index contributed by atoms with van der Waals surface area (Å²) in [5, 5.41) is 9.89. The van der Waals surface area contributed by atoms with Gasteiger partial charge in [0.2, 0.25) is 5.91 Å². The van der Waals surface area contributed by atoms with Crippen LogP contribution in [0, 0.1) is 11.3 Å². The van der Waals surface area contributed by atoms with Crippen molar-refractivity contribution in [2.75, 3.05) is 37.6 Å². The first-order valence-corrected chi connectivity index (χ1v) is 11.9. The molecule has 4 rings (SSSR count). The number of nitrogens with zero attached hydrogens (tertiary/aromatic N) is 4. The third-order valence-corrected chi connectivity index (χ3v) is 6.17. The van der Waals surface area contributed by atoms with Gasteiger partial charge in [-0.2, -0.15) is 5.26 Å². The summed E-state index contributed by atoms with van der Waals surface area (Å²) in [5.74, 6) is -0.617. The summed E-state index contributed by atoms with van der Waals surface area (Å²) in [5.41, 5.74) is 8.08. The van der Waals surface area contributed by atoms with Crippen LogP contribution in [0.2, 0.25) is 0 Å². The Morgan fingerprint density at radius 3 is 2.46 bits per heavy atom. The second kappa shape index (κ2) is 11.9. The van der Waals surface area contributed by atoms with Crippen LogP contribution in [0.4, 0.5) is 5.69 Å². The lowest BCUT2D eigenvalue weighted by atomic mass is 10.1. The van der Waals surface area contributed by atoms with Crippen LogP contribution in [0.3, 0.4) is 0 Å². The van der Waals surface area contributed by atoms with Gasteiger partial charge in [-0.25, -0.2) is 0 Å². The lowest BCUT2D eigenvalue weighted by Gasteiger charge is -2.36. The zero-order valence-electron chi connectivity index (χ0n) is 19.7. The van der Waals surface area contributed by atoms with Crippen molar-refractivity contribution < 1.29 is 9.59 Å². The molecule has 0 bridgehead atoms. The zero-order valence-corrected chi connectivity index (χ0v) is 19.7. The molecule has 0 saturated carbocycles. The predicted molar refractivity (Wildman–Crippen MR) is 137 cm³/mol. The van der Waals surface area contributed by atoms with Crippen LogP contribution in [0.15, 0.2) is 66.9 Å². The summed E-state index contributed by atoms with van der Waals surface area (Å²) in [6.45, 7) is 4.91. The van der Waals surface area contributed by atoms with Gasteiger partial charge in [0.1, 0.15) is 0 Å². The SMILES string of the molecule is N#CCCn1cc(/C=C/C(=O)NNC(=O)CCN2CCN(c3ccccc3)CC2)c2ccccc21. The molecule has 180 valence electrons. The highest BCUT2D eigenvalue weighted by molar-refractivity contribution is 5.97. The fourth-order valence-corrected chi connectivity index (χ4v) is 4.29.